The maximum Gasteiger partial charge on any atom is 0.412 e. The lowest BCUT2D eigenvalue weighted by molar-refractivity contribution is 0.202. The Hall–Kier alpha value is -1.96. The zero-order valence-corrected chi connectivity index (χ0v) is 14.7. The standard InChI is InChI=1S/C15H24N2O5S/c1-5-8-23(19,20)17-13-7-6-12(22-15(18)16-4)9-14(13)21-10-11(2)3/h6-7,9,11,17H,5,8,10H2,1-4H3,(H,16,18). The number of benzene rings is 1. The second kappa shape index (κ2) is 8.61. The number of sulfonamides is 1. The van der Waals surface area contributed by atoms with Gasteiger partial charge in [-0.3, -0.25) is 4.72 Å². The van der Waals surface area contributed by atoms with E-state index in [0.29, 0.717) is 24.5 Å². The average molecular weight is 344 g/mol. The SMILES string of the molecule is CCCS(=O)(=O)Nc1ccc(OC(=O)NC)cc1OCC(C)C. The number of hydrogen-bond acceptors (Lipinski definition) is 5. The van der Waals surface area contributed by atoms with Crippen LogP contribution in [0, 0.1) is 5.92 Å². The van der Waals surface area contributed by atoms with Crippen LogP contribution in [0.1, 0.15) is 27.2 Å². The number of ether oxygens (including phenoxy) is 2. The molecule has 0 aliphatic heterocycles. The van der Waals surface area contributed by atoms with Crippen molar-refractivity contribution in [3.05, 3.63) is 18.2 Å². The van der Waals surface area contributed by atoms with Crippen LogP contribution in [0.5, 0.6) is 11.5 Å². The minimum atomic E-state index is -3.44. The van der Waals surface area contributed by atoms with Crippen LogP contribution < -0.4 is 19.5 Å². The number of hydrogen-bond donors (Lipinski definition) is 2. The summed E-state index contributed by atoms with van der Waals surface area (Å²) < 4.78 is 37.0. The molecular formula is C15H24N2O5S. The van der Waals surface area contributed by atoms with Gasteiger partial charge in [0.2, 0.25) is 10.0 Å². The molecule has 2 N–H and O–H groups in total. The summed E-state index contributed by atoms with van der Waals surface area (Å²) in [5, 5.41) is 2.34. The molecule has 0 bridgehead atoms. The first-order chi connectivity index (χ1) is 10.8. The lowest BCUT2D eigenvalue weighted by Crippen LogP contribution is -2.22. The molecule has 1 amide bonds. The van der Waals surface area contributed by atoms with Crippen molar-refractivity contribution in [2.24, 2.45) is 5.92 Å². The molecule has 1 aromatic rings. The van der Waals surface area contributed by atoms with E-state index in [4.69, 9.17) is 9.47 Å². The Kier molecular flexibility index (Phi) is 7.15. The zero-order chi connectivity index (χ0) is 17.5. The number of carbonyl (C=O) groups excluding carboxylic acids is 1. The van der Waals surface area contributed by atoms with Crippen LogP contribution in [-0.4, -0.2) is 33.9 Å². The molecule has 1 rings (SSSR count). The molecule has 0 atom stereocenters. The van der Waals surface area contributed by atoms with Gasteiger partial charge in [0.1, 0.15) is 11.5 Å². The summed E-state index contributed by atoms with van der Waals surface area (Å²) in [6.45, 7) is 6.15. The zero-order valence-electron chi connectivity index (χ0n) is 13.9. The minimum absolute atomic E-state index is 0.0209. The fourth-order valence-corrected chi connectivity index (χ4v) is 2.81. The molecular weight excluding hydrogens is 320 g/mol. The van der Waals surface area contributed by atoms with Gasteiger partial charge in [0.15, 0.2) is 0 Å². The third-order valence-corrected chi connectivity index (χ3v) is 4.15. The summed E-state index contributed by atoms with van der Waals surface area (Å²) in [4.78, 5) is 11.3. The summed E-state index contributed by atoms with van der Waals surface area (Å²) >= 11 is 0. The number of anilines is 1. The van der Waals surface area contributed by atoms with E-state index in [1.165, 1.54) is 25.2 Å². The molecule has 0 spiro atoms. The normalized spacial score (nSPS) is 11.2. The average Bonchev–Trinajstić information content (AvgIpc) is 2.46. The first-order valence-corrected chi connectivity index (χ1v) is 9.09. The molecule has 0 aliphatic carbocycles. The van der Waals surface area contributed by atoms with Gasteiger partial charge in [-0.15, -0.1) is 0 Å². The predicted octanol–water partition coefficient (Wildman–Crippen LogP) is 2.59. The molecule has 0 saturated heterocycles. The molecule has 0 fully saturated rings. The van der Waals surface area contributed by atoms with Crippen molar-refractivity contribution in [1.82, 2.24) is 5.32 Å². The maximum absolute atomic E-state index is 11.9. The molecule has 0 saturated carbocycles. The van der Waals surface area contributed by atoms with Gasteiger partial charge < -0.3 is 14.8 Å². The Morgan fingerprint density at radius 3 is 2.57 bits per heavy atom. The van der Waals surface area contributed by atoms with E-state index in [9.17, 15) is 13.2 Å². The summed E-state index contributed by atoms with van der Waals surface area (Å²) in [5.74, 6) is 0.868. The lowest BCUT2D eigenvalue weighted by Gasteiger charge is -2.16. The molecule has 8 heteroatoms. The predicted molar refractivity (Wildman–Crippen MR) is 89.6 cm³/mol. The maximum atomic E-state index is 11.9. The van der Waals surface area contributed by atoms with Crippen molar-refractivity contribution in [3.63, 3.8) is 0 Å². The number of nitrogens with one attached hydrogen (secondary N) is 2. The molecule has 1 aromatic carbocycles. The largest absolute Gasteiger partial charge is 0.491 e. The molecule has 130 valence electrons. The van der Waals surface area contributed by atoms with Gasteiger partial charge >= 0.3 is 6.09 Å². The van der Waals surface area contributed by atoms with Crippen LogP contribution in [0.3, 0.4) is 0 Å². The molecule has 0 unspecified atom stereocenters. The van der Waals surface area contributed by atoms with E-state index in [-0.39, 0.29) is 17.4 Å². The highest BCUT2D eigenvalue weighted by atomic mass is 32.2. The smallest absolute Gasteiger partial charge is 0.412 e. The van der Waals surface area contributed by atoms with Crippen LogP contribution in [0.2, 0.25) is 0 Å². The summed E-state index contributed by atoms with van der Waals surface area (Å²) in [6, 6.07) is 4.50. The van der Waals surface area contributed by atoms with Crippen molar-refractivity contribution < 1.29 is 22.7 Å². The molecule has 23 heavy (non-hydrogen) atoms. The Morgan fingerprint density at radius 1 is 1.30 bits per heavy atom. The fourth-order valence-electron chi connectivity index (χ4n) is 1.67. The molecule has 0 aromatic heterocycles. The minimum Gasteiger partial charge on any atom is -0.491 e. The van der Waals surface area contributed by atoms with Gasteiger partial charge in [0.05, 0.1) is 18.0 Å². The van der Waals surface area contributed by atoms with Crippen molar-refractivity contribution in [2.45, 2.75) is 27.2 Å². The van der Waals surface area contributed by atoms with Crippen LogP contribution in [-0.2, 0) is 10.0 Å². The lowest BCUT2D eigenvalue weighted by atomic mass is 10.2. The van der Waals surface area contributed by atoms with E-state index >= 15 is 0 Å². The Balaban J connectivity index is 3.05. The summed E-state index contributed by atoms with van der Waals surface area (Å²) in [6.07, 6.45) is -0.103. The summed E-state index contributed by atoms with van der Waals surface area (Å²) in [5.41, 5.74) is 0.323. The molecule has 7 nitrogen and oxygen atoms in total. The van der Waals surface area contributed by atoms with E-state index in [1.54, 1.807) is 6.92 Å². The van der Waals surface area contributed by atoms with Gasteiger partial charge in [-0.2, -0.15) is 0 Å². The molecule has 0 radical (unpaired) electrons. The van der Waals surface area contributed by atoms with Gasteiger partial charge in [-0.1, -0.05) is 20.8 Å². The van der Waals surface area contributed by atoms with Crippen LogP contribution in [0.25, 0.3) is 0 Å². The van der Waals surface area contributed by atoms with E-state index < -0.39 is 16.1 Å². The monoisotopic (exact) mass is 344 g/mol. The van der Waals surface area contributed by atoms with Gasteiger partial charge in [0, 0.05) is 13.1 Å². The van der Waals surface area contributed by atoms with E-state index in [0.717, 1.165) is 0 Å². The number of amides is 1. The van der Waals surface area contributed by atoms with Crippen molar-refractivity contribution in [3.8, 4) is 11.5 Å². The second-order valence-corrected chi connectivity index (χ2v) is 7.27. The van der Waals surface area contributed by atoms with Crippen LogP contribution in [0.15, 0.2) is 18.2 Å². The molecule has 0 heterocycles. The third kappa shape index (κ3) is 6.77. The quantitative estimate of drug-likeness (QED) is 0.756. The molecule has 0 aliphatic rings. The first-order valence-electron chi connectivity index (χ1n) is 7.44. The summed E-state index contributed by atoms with van der Waals surface area (Å²) in [7, 11) is -1.99. The van der Waals surface area contributed by atoms with Crippen LogP contribution >= 0.6 is 0 Å². The van der Waals surface area contributed by atoms with E-state index in [1.807, 2.05) is 13.8 Å². The van der Waals surface area contributed by atoms with Gasteiger partial charge in [-0.05, 0) is 24.5 Å². The second-order valence-electron chi connectivity index (χ2n) is 5.42. The number of carbonyl (C=O) groups is 1. The Labute approximate surface area is 137 Å². The highest BCUT2D eigenvalue weighted by molar-refractivity contribution is 7.92. The van der Waals surface area contributed by atoms with Gasteiger partial charge in [-0.25, -0.2) is 13.2 Å². The first kappa shape index (κ1) is 19.1. The van der Waals surface area contributed by atoms with Gasteiger partial charge in [0.25, 0.3) is 0 Å². The number of rotatable bonds is 8. The van der Waals surface area contributed by atoms with E-state index in [2.05, 4.69) is 10.0 Å². The van der Waals surface area contributed by atoms with Crippen molar-refractivity contribution in [1.29, 1.82) is 0 Å². The van der Waals surface area contributed by atoms with Crippen molar-refractivity contribution >= 4 is 21.8 Å². The highest BCUT2D eigenvalue weighted by Crippen LogP contribution is 2.31. The Morgan fingerprint density at radius 2 is 2.00 bits per heavy atom. The highest BCUT2D eigenvalue weighted by Gasteiger charge is 2.15. The Bertz CT molecular complexity index is 629. The topological polar surface area (TPSA) is 93.7 Å². The van der Waals surface area contributed by atoms with Crippen molar-refractivity contribution in [2.75, 3.05) is 24.1 Å². The van der Waals surface area contributed by atoms with Crippen LogP contribution in [0.4, 0.5) is 10.5 Å². The fraction of sp³-hybridized carbons (Fsp3) is 0.533. The third-order valence-electron chi connectivity index (χ3n) is 2.68.